The molecule has 0 aliphatic heterocycles. The summed E-state index contributed by atoms with van der Waals surface area (Å²) in [7, 11) is 0. The first kappa shape index (κ1) is 12.1. The van der Waals surface area contributed by atoms with Crippen LogP contribution in [0.1, 0.15) is 21.5 Å². The van der Waals surface area contributed by atoms with Gasteiger partial charge in [0, 0.05) is 18.9 Å². The smallest absolute Gasteiger partial charge is 0.335 e. The second kappa shape index (κ2) is 5.31. The largest absolute Gasteiger partial charge is 0.478 e. The number of aromatic nitrogens is 1. The summed E-state index contributed by atoms with van der Waals surface area (Å²) in [5.74, 6) is -0.905. The van der Waals surface area contributed by atoms with E-state index in [9.17, 15) is 4.79 Å². The van der Waals surface area contributed by atoms with E-state index in [-0.39, 0.29) is 0 Å². The molecular weight excluding hydrogens is 228 g/mol. The number of anilines is 1. The molecule has 1 aromatic carbocycles. The van der Waals surface area contributed by atoms with Crippen molar-refractivity contribution in [2.75, 3.05) is 5.32 Å². The van der Waals surface area contributed by atoms with Gasteiger partial charge in [0.05, 0.1) is 11.3 Å². The van der Waals surface area contributed by atoms with Crippen LogP contribution in [0.3, 0.4) is 0 Å². The van der Waals surface area contributed by atoms with Gasteiger partial charge in [-0.05, 0) is 36.2 Å². The van der Waals surface area contributed by atoms with E-state index in [1.165, 1.54) is 0 Å². The fraction of sp³-hybridized carbons (Fsp3) is 0.143. The zero-order valence-corrected chi connectivity index (χ0v) is 10.1. The van der Waals surface area contributed by atoms with Gasteiger partial charge >= 0.3 is 5.97 Å². The Morgan fingerprint density at radius 2 is 2.00 bits per heavy atom. The quantitative estimate of drug-likeness (QED) is 0.865. The number of carboxylic acids is 1. The Morgan fingerprint density at radius 1 is 1.28 bits per heavy atom. The summed E-state index contributed by atoms with van der Waals surface area (Å²) in [6.07, 6.45) is 3.56. The van der Waals surface area contributed by atoms with Gasteiger partial charge in [0.2, 0.25) is 0 Å². The summed E-state index contributed by atoms with van der Waals surface area (Å²) in [4.78, 5) is 14.8. The van der Waals surface area contributed by atoms with Crippen LogP contribution in [0.4, 0.5) is 5.69 Å². The highest BCUT2D eigenvalue weighted by Crippen LogP contribution is 2.10. The van der Waals surface area contributed by atoms with Gasteiger partial charge in [-0.1, -0.05) is 12.1 Å². The molecule has 92 valence electrons. The molecule has 0 atom stereocenters. The number of carbonyl (C=O) groups is 1. The molecule has 4 heteroatoms. The molecule has 0 radical (unpaired) electrons. The van der Waals surface area contributed by atoms with Crippen LogP contribution in [0.2, 0.25) is 0 Å². The molecule has 0 saturated carbocycles. The van der Waals surface area contributed by atoms with Gasteiger partial charge in [0.25, 0.3) is 0 Å². The number of pyridine rings is 1. The summed E-state index contributed by atoms with van der Waals surface area (Å²) in [5, 5.41) is 12.0. The van der Waals surface area contributed by atoms with Gasteiger partial charge in [-0.2, -0.15) is 0 Å². The second-order valence-electron chi connectivity index (χ2n) is 4.11. The van der Waals surface area contributed by atoms with Gasteiger partial charge in [-0.25, -0.2) is 4.79 Å². The van der Waals surface area contributed by atoms with Gasteiger partial charge in [0.1, 0.15) is 0 Å². The Morgan fingerprint density at radius 3 is 2.61 bits per heavy atom. The zero-order valence-electron chi connectivity index (χ0n) is 10.1. The third-order valence-corrected chi connectivity index (χ3v) is 2.57. The average Bonchev–Trinajstić information content (AvgIpc) is 2.37. The first-order valence-corrected chi connectivity index (χ1v) is 5.63. The molecule has 1 heterocycles. The van der Waals surface area contributed by atoms with Crippen molar-refractivity contribution in [3.05, 3.63) is 59.4 Å². The maximum absolute atomic E-state index is 10.7. The SMILES string of the molecule is Cc1cncc(NCc2ccc(C(=O)O)cc2)c1. The molecule has 0 saturated heterocycles. The van der Waals surface area contributed by atoms with Crippen LogP contribution >= 0.6 is 0 Å². The Labute approximate surface area is 105 Å². The third kappa shape index (κ3) is 3.07. The molecule has 1 aromatic heterocycles. The fourth-order valence-corrected chi connectivity index (χ4v) is 1.62. The Hall–Kier alpha value is -2.36. The fourth-order valence-electron chi connectivity index (χ4n) is 1.62. The van der Waals surface area contributed by atoms with E-state index in [4.69, 9.17) is 5.11 Å². The van der Waals surface area contributed by atoms with Crippen molar-refractivity contribution in [2.24, 2.45) is 0 Å². The highest BCUT2D eigenvalue weighted by Gasteiger charge is 2.01. The molecule has 0 unspecified atom stereocenters. The molecule has 18 heavy (non-hydrogen) atoms. The van der Waals surface area contributed by atoms with Crippen molar-refractivity contribution in [1.29, 1.82) is 0 Å². The van der Waals surface area contributed by atoms with E-state index in [2.05, 4.69) is 10.3 Å². The normalized spacial score (nSPS) is 10.1. The minimum Gasteiger partial charge on any atom is -0.478 e. The topological polar surface area (TPSA) is 62.2 Å². The molecule has 4 nitrogen and oxygen atoms in total. The first-order valence-electron chi connectivity index (χ1n) is 5.63. The van der Waals surface area contributed by atoms with Crippen LogP contribution in [0.15, 0.2) is 42.7 Å². The molecule has 0 amide bonds. The molecule has 0 aliphatic carbocycles. The van der Waals surface area contributed by atoms with Crippen molar-refractivity contribution in [3.63, 3.8) is 0 Å². The van der Waals surface area contributed by atoms with Crippen molar-refractivity contribution in [2.45, 2.75) is 13.5 Å². The third-order valence-electron chi connectivity index (χ3n) is 2.57. The summed E-state index contributed by atoms with van der Waals surface area (Å²) < 4.78 is 0. The van der Waals surface area contributed by atoms with Gasteiger partial charge in [-0.15, -0.1) is 0 Å². The maximum Gasteiger partial charge on any atom is 0.335 e. The van der Waals surface area contributed by atoms with E-state index < -0.39 is 5.97 Å². The molecule has 2 rings (SSSR count). The standard InChI is InChI=1S/C14H14N2O2/c1-10-6-13(9-15-7-10)16-8-11-2-4-12(5-3-11)14(17)18/h2-7,9,16H,8H2,1H3,(H,17,18). The first-order chi connectivity index (χ1) is 8.65. The predicted octanol–water partition coefficient (Wildman–Crippen LogP) is 2.70. The van der Waals surface area contributed by atoms with E-state index in [1.807, 2.05) is 13.0 Å². The van der Waals surface area contributed by atoms with Crippen molar-refractivity contribution < 1.29 is 9.90 Å². The van der Waals surface area contributed by atoms with Crippen molar-refractivity contribution in [3.8, 4) is 0 Å². The number of nitrogens with one attached hydrogen (secondary N) is 1. The predicted molar refractivity (Wildman–Crippen MR) is 69.7 cm³/mol. The van der Waals surface area contributed by atoms with Crippen molar-refractivity contribution >= 4 is 11.7 Å². The summed E-state index contributed by atoms with van der Waals surface area (Å²) in [6.45, 7) is 2.63. The minimum absolute atomic E-state index is 0.302. The molecular formula is C14H14N2O2. The lowest BCUT2D eigenvalue weighted by molar-refractivity contribution is 0.0697. The lowest BCUT2D eigenvalue weighted by Gasteiger charge is -2.07. The number of aromatic carboxylic acids is 1. The van der Waals surface area contributed by atoms with E-state index in [1.54, 1.807) is 36.7 Å². The second-order valence-corrected chi connectivity index (χ2v) is 4.11. The number of rotatable bonds is 4. The van der Waals surface area contributed by atoms with Crippen LogP contribution in [-0.2, 0) is 6.54 Å². The van der Waals surface area contributed by atoms with E-state index >= 15 is 0 Å². The molecule has 0 spiro atoms. The summed E-state index contributed by atoms with van der Waals surface area (Å²) in [5.41, 5.74) is 3.39. The lowest BCUT2D eigenvalue weighted by Crippen LogP contribution is -2.01. The highest BCUT2D eigenvalue weighted by atomic mass is 16.4. The van der Waals surface area contributed by atoms with Crippen LogP contribution < -0.4 is 5.32 Å². The Kier molecular flexibility index (Phi) is 3.57. The molecule has 0 aliphatic rings. The number of benzene rings is 1. The van der Waals surface area contributed by atoms with Gasteiger partial charge in [-0.3, -0.25) is 4.98 Å². The van der Waals surface area contributed by atoms with Gasteiger partial charge in [0.15, 0.2) is 0 Å². The minimum atomic E-state index is -0.905. The Balaban J connectivity index is 2.00. The van der Waals surface area contributed by atoms with Crippen molar-refractivity contribution in [1.82, 2.24) is 4.98 Å². The zero-order chi connectivity index (χ0) is 13.0. The Bertz CT molecular complexity index is 550. The van der Waals surface area contributed by atoms with E-state index in [0.29, 0.717) is 12.1 Å². The highest BCUT2D eigenvalue weighted by molar-refractivity contribution is 5.87. The van der Waals surface area contributed by atoms with Gasteiger partial charge < -0.3 is 10.4 Å². The molecule has 0 bridgehead atoms. The number of hydrogen-bond acceptors (Lipinski definition) is 3. The number of aryl methyl sites for hydroxylation is 1. The summed E-state index contributed by atoms with van der Waals surface area (Å²) >= 11 is 0. The number of carboxylic acid groups (broad SMARTS) is 1. The molecule has 0 fully saturated rings. The average molecular weight is 242 g/mol. The van der Waals surface area contributed by atoms with Crippen LogP contribution in [0.25, 0.3) is 0 Å². The monoisotopic (exact) mass is 242 g/mol. The van der Waals surface area contributed by atoms with Crippen LogP contribution in [0, 0.1) is 6.92 Å². The lowest BCUT2D eigenvalue weighted by atomic mass is 10.1. The van der Waals surface area contributed by atoms with Crippen LogP contribution in [0.5, 0.6) is 0 Å². The van der Waals surface area contributed by atoms with E-state index in [0.717, 1.165) is 16.8 Å². The number of nitrogens with zero attached hydrogens (tertiary/aromatic N) is 1. The number of hydrogen-bond donors (Lipinski definition) is 2. The molecule has 2 N–H and O–H groups in total. The van der Waals surface area contributed by atoms with Crippen LogP contribution in [-0.4, -0.2) is 16.1 Å². The molecule has 2 aromatic rings. The summed E-state index contributed by atoms with van der Waals surface area (Å²) in [6, 6.07) is 8.83. The maximum atomic E-state index is 10.7.